The van der Waals surface area contributed by atoms with Crippen LogP contribution in [0.25, 0.3) is 5.69 Å². The van der Waals surface area contributed by atoms with E-state index in [4.69, 9.17) is 0 Å². The first-order chi connectivity index (χ1) is 9.93. The molecule has 2 aromatic rings. The average Bonchev–Trinajstić information content (AvgIpc) is 2.75. The molecular weight excluding hydrogens is 262 g/mol. The molecule has 0 spiro atoms. The van der Waals surface area contributed by atoms with Crippen LogP contribution in [-0.4, -0.2) is 21.7 Å². The van der Waals surface area contributed by atoms with E-state index < -0.39 is 0 Å². The van der Waals surface area contributed by atoms with E-state index in [1.807, 2.05) is 44.5 Å². The number of benzene rings is 1. The summed E-state index contributed by atoms with van der Waals surface area (Å²) in [5.41, 5.74) is 4.62. The second-order valence-corrected chi connectivity index (χ2v) is 5.64. The Morgan fingerprint density at radius 2 is 1.86 bits per heavy atom. The number of carbonyl (C=O) groups excluding carboxylic acids is 1. The summed E-state index contributed by atoms with van der Waals surface area (Å²) in [6.45, 7) is 9.92. The number of aromatic nitrogens is 2. The van der Waals surface area contributed by atoms with Crippen molar-refractivity contribution >= 4 is 5.91 Å². The topological polar surface area (TPSA) is 46.9 Å². The Bertz CT molecular complexity index is 639. The number of hydrogen-bond donors (Lipinski definition) is 1. The standard InChI is InChI=1S/C17H23N3O/c1-6-15-16(17(21)18-11(2)3)13(5)19-20(15)14-9-7-12(4)8-10-14/h7-11H,6H2,1-5H3,(H,18,21). The van der Waals surface area contributed by atoms with Crippen molar-refractivity contribution < 1.29 is 4.79 Å². The Morgan fingerprint density at radius 3 is 2.38 bits per heavy atom. The van der Waals surface area contributed by atoms with Gasteiger partial charge in [0.1, 0.15) is 0 Å². The minimum atomic E-state index is -0.0438. The van der Waals surface area contributed by atoms with Crippen LogP contribution >= 0.6 is 0 Å². The minimum absolute atomic E-state index is 0.0438. The molecule has 4 heteroatoms. The lowest BCUT2D eigenvalue weighted by atomic mass is 10.1. The molecule has 0 unspecified atom stereocenters. The highest BCUT2D eigenvalue weighted by Crippen LogP contribution is 2.20. The third-order valence-electron chi connectivity index (χ3n) is 3.42. The van der Waals surface area contributed by atoms with Gasteiger partial charge in [0.05, 0.1) is 22.6 Å². The molecule has 0 fully saturated rings. The number of carbonyl (C=O) groups is 1. The van der Waals surface area contributed by atoms with Gasteiger partial charge in [-0.1, -0.05) is 24.6 Å². The van der Waals surface area contributed by atoms with Crippen molar-refractivity contribution in [2.24, 2.45) is 0 Å². The zero-order valence-electron chi connectivity index (χ0n) is 13.4. The van der Waals surface area contributed by atoms with E-state index in [0.29, 0.717) is 5.56 Å². The van der Waals surface area contributed by atoms with Crippen molar-refractivity contribution in [2.75, 3.05) is 0 Å². The van der Waals surface area contributed by atoms with Gasteiger partial charge in [0.15, 0.2) is 0 Å². The summed E-state index contributed by atoms with van der Waals surface area (Å²) in [6.07, 6.45) is 0.759. The van der Waals surface area contributed by atoms with Gasteiger partial charge < -0.3 is 5.32 Å². The highest BCUT2D eigenvalue weighted by Gasteiger charge is 2.21. The summed E-state index contributed by atoms with van der Waals surface area (Å²) in [5, 5.41) is 7.52. The highest BCUT2D eigenvalue weighted by molar-refractivity contribution is 5.96. The summed E-state index contributed by atoms with van der Waals surface area (Å²) in [4.78, 5) is 12.4. The van der Waals surface area contributed by atoms with Crippen molar-refractivity contribution in [3.05, 3.63) is 46.8 Å². The van der Waals surface area contributed by atoms with E-state index in [9.17, 15) is 4.79 Å². The van der Waals surface area contributed by atoms with E-state index in [2.05, 4.69) is 29.5 Å². The van der Waals surface area contributed by atoms with Crippen molar-refractivity contribution in [3.8, 4) is 5.69 Å². The summed E-state index contributed by atoms with van der Waals surface area (Å²) in [5.74, 6) is -0.0438. The average molecular weight is 285 g/mol. The smallest absolute Gasteiger partial charge is 0.255 e. The Kier molecular flexibility index (Phi) is 4.46. The minimum Gasteiger partial charge on any atom is -0.350 e. The molecule has 0 saturated carbocycles. The Labute approximate surface area is 126 Å². The number of rotatable bonds is 4. The number of nitrogens with one attached hydrogen (secondary N) is 1. The molecule has 112 valence electrons. The molecule has 1 aromatic carbocycles. The number of amides is 1. The lowest BCUT2D eigenvalue weighted by Crippen LogP contribution is -2.31. The van der Waals surface area contributed by atoms with Crippen LogP contribution in [0, 0.1) is 13.8 Å². The summed E-state index contributed by atoms with van der Waals surface area (Å²) < 4.78 is 1.88. The fourth-order valence-corrected chi connectivity index (χ4v) is 2.43. The summed E-state index contributed by atoms with van der Waals surface area (Å²) in [7, 11) is 0. The van der Waals surface area contributed by atoms with Crippen molar-refractivity contribution in [1.29, 1.82) is 0 Å². The quantitative estimate of drug-likeness (QED) is 0.937. The lowest BCUT2D eigenvalue weighted by Gasteiger charge is -2.10. The van der Waals surface area contributed by atoms with Crippen LogP contribution in [0.3, 0.4) is 0 Å². The maximum atomic E-state index is 12.4. The molecule has 1 amide bonds. The van der Waals surface area contributed by atoms with Crippen LogP contribution < -0.4 is 5.32 Å². The lowest BCUT2D eigenvalue weighted by molar-refractivity contribution is 0.0941. The molecule has 0 aliphatic rings. The van der Waals surface area contributed by atoms with Crippen LogP contribution in [-0.2, 0) is 6.42 Å². The van der Waals surface area contributed by atoms with Crippen LogP contribution in [0.15, 0.2) is 24.3 Å². The number of nitrogens with zero attached hydrogens (tertiary/aromatic N) is 2. The van der Waals surface area contributed by atoms with E-state index in [1.54, 1.807) is 0 Å². The Hall–Kier alpha value is -2.10. The van der Waals surface area contributed by atoms with Gasteiger partial charge in [-0.25, -0.2) is 4.68 Å². The van der Waals surface area contributed by atoms with Crippen LogP contribution in [0.1, 0.15) is 48.1 Å². The SMILES string of the molecule is CCc1c(C(=O)NC(C)C)c(C)nn1-c1ccc(C)cc1. The number of aryl methyl sites for hydroxylation is 2. The van der Waals surface area contributed by atoms with E-state index in [-0.39, 0.29) is 11.9 Å². The fraction of sp³-hybridized carbons (Fsp3) is 0.412. The predicted molar refractivity (Wildman–Crippen MR) is 85.0 cm³/mol. The maximum Gasteiger partial charge on any atom is 0.255 e. The molecule has 2 rings (SSSR count). The molecular formula is C17H23N3O. The zero-order chi connectivity index (χ0) is 15.6. The Morgan fingerprint density at radius 1 is 1.24 bits per heavy atom. The zero-order valence-corrected chi connectivity index (χ0v) is 13.4. The summed E-state index contributed by atoms with van der Waals surface area (Å²) >= 11 is 0. The molecule has 0 bridgehead atoms. The van der Waals surface area contributed by atoms with Gasteiger partial charge in [0.25, 0.3) is 5.91 Å². The molecule has 4 nitrogen and oxygen atoms in total. The highest BCUT2D eigenvalue weighted by atomic mass is 16.1. The first-order valence-electron chi connectivity index (χ1n) is 7.40. The van der Waals surface area contributed by atoms with Crippen LogP contribution in [0.2, 0.25) is 0 Å². The summed E-state index contributed by atoms with van der Waals surface area (Å²) in [6, 6.07) is 8.29. The van der Waals surface area contributed by atoms with E-state index >= 15 is 0 Å². The van der Waals surface area contributed by atoms with E-state index in [0.717, 1.165) is 23.5 Å². The Balaban J connectivity index is 2.49. The third-order valence-corrected chi connectivity index (χ3v) is 3.42. The molecule has 0 radical (unpaired) electrons. The molecule has 1 heterocycles. The molecule has 21 heavy (non-hydrogen) atoms. The second-order valence-electron chi connectivity index (χ2n) is 5.64. The second kappa shape index (κ2) is 6.12. The largest absolute Gasteiger partial charge is 0.350 e. The first-order valence-corrected chi connectivity index (χ1v) is 7.40. The first kappa shape index (κ1) is 15.3. The van der Waals surface area contributed by atoms with Crippen molar-refractivity contribution in [2.45, 2.75) is 47.1 Å². The van der Waals surface area contributed by atoms with Crippen LogP contribution in [0.4, 0.5) is 0 Å². The molecule has 0 saturated heterocycles. The van der Waals surface area contributed by atoms with Crippen LogP contribution in [0.5, 0.6) is 0 Å². The van der Waals surface area contributed by atoms with Gasteiger partial charge in [0, 0.05) is 6.04 Å². The van der Waals surface area contributed by atoms with Crippen molar-refractivity contribution in [3.63, 3.8) is 0 Å². The van der Waals surface area contributed by atoms with Gasteiger partial charge >= 0.3 is 0 Å². The van der Waals surface area contributed by atoms with Gasteiger partial charge in [-0.05, 0) is 46.2 Å². The normalized spacial score (nSPS) is 11.0. The molecule has 1 aromatic heterocycles. The molecule has 1 N–H and O–H groups in total. The maximum absolute atomic E-state index is 12.4. The van der Waals surface area contributed by atoms with E-state index in [1.165, 1.54) is 5.56 Å². The molecule has 0 atom stereocenters. The molecule has 0 aliphatic heterocycles. The van der Waals surface area contributed by atoms with Gasteiger partial charge in [-0.15, -0.1) is 0 Å². The third kappa shape index (κ3) is 3.15. The van der Waals surface area contributed by atoms with Gasteiger partial charge in [0.2, 0.25) is 0 Å². The number of hydrogen-bond acceptors (Lipinski definition) is 2. The fourth-order valence-electron chi connectivity index (χ4n) is 2.43. The van der Waals surface area contributed by atoms with Gasteiger partial charge in [-0.2, -0.15) is 5.10 Å². The predicted octanol–water partition coefficient (Wildman–Crippen LogP) is 3.19. The monoisotopic (exact) mass is 285 g/mol. The van der Waals surface area contributed by atoms with Crippen molar-refractivity contribution in [1.82, 2.24) is 15.1 Å². The molecule has 0 aliphatic carbocycles. The van der Waals surface area contributed by atoms with Gasteiger partial charge in [-0.3, -0.25) is 4.79 Å².